The van der Waals surface area contributed by atoms with E-state index in [-0.39, 0.29) is 13.3 Å². The average Bonchev–Trinajstić information content (AvgIpc) is 3.02. The first kappa shape index (κ1) is 16.4. The zero-order valence-corrected chi connectivity index (χ0v) is 13.2. The standard InChI is InChI=1S/C16H14F2N2O3S/c17-15(18)24-14-4-2-1-3-11(14)20-16(21)19-8-10-5-6-12-13(7-10)23-9-22-12/h1-7,15H,8-9H2,(H2,19,20,21). The van der Waals surface area contributed by atoms with E-state index in [9.17, 15) is 13.6 Å². The number of thioether (sulfide) groups is 1. The fraction of sp³-hybridized carbons (Fsp3) is 0.188. The molecule has 1 aliphatic rings. The number of hydrogen-bond acceptors (Lipinski definition) is 4. The molecular weight excluding hydrogens is 338 g/mol. The molecule has 0 radical (unpaired) electrons. The van der Waals surface area contributed by atoms with E-state index in [0.29, 0.717) is 33.8 Å². The van der Waals surface area contributed by atoms with E-state index in [4.69, 9.17) is 9.47 Å². The number of anilines is 1. The number of para-hydroxylation sites is 1. The Labute approximate surface area is 141 Å². The lowest BCUT2D eigenvalue weighted by atomic mass is 10.2. The summed E-state index contributed by atoms with van der Waals surface area (Å²) in [6.45, 7) is 0.456. The Morgan fingerprint density at radius 2 is 1.96 bits per heavy atom. The molecule has 2 N–H and O–H groups in total. The Morgan fingerprint density at radius 1 is 1.17 bits per heavy atom. The fourth-order valence-corrected chi connectivity index (χ4v) is 2.76. The Balaban J connectivity index is 1.58. The number of benzene rings is 2. The van der Waals surface area contributed by atoms with Crippen LogP contribution in [0, 0.1) is 0 Å². The summed E-state index contributed by atoms with van der Waals surface area (Å²) in [5, 5.41) is 5.25. The molecule has 24 heavy (non-hydrogen) atoms. The van der Waals surface area contributed by atoms with Gasteiger partial charge in [-0.05, 0) is 29.8 Å². The second-order valence-corrected chi connectivity index (χ2v) is 5.90. The van der Waals surface area contributed by atoms with Crippen LogP contribution in [-0.2, 0) is 6.54 Å². The lowest BCUT2D eigenvalue weighted by molar-refractivity contribution is 0.174. The van der Waals surface area contributed by atoms with Gasteiger partial charge in [0, 0.05) is 11.4 Å². The summed E-state index contributed by atoms with van der Waals surface area (Å²) < 4.78 is 35.5. The van der Waals surface area contributed by atoms with Crippen LogP contribution in [-0.4, -0.2) is 18.6 Å². The number of carbonyl (C=O) groups excluding carboxylic acids is 1. The van der Waals surface area contributed by atoms with E-state index in [2.05, 4.69) is 10.6 Å². The average molecular weight is 352 g/mol. The molecule has 0 bridgehead atoms. The molecule has 1 aliphatic heterocycles. The second-order valence-electron chi connectivity index (χ2n) is 4.87. The molecule has 126 valence electrons. The van der Waals surface area contributed by atoms with Crippen LogP contribution < -0.4 is 20.1 Å². The zero-order chi connectivity index (χ0) is 16.9. The van der Waals surface area contributed by atoms with Crippen LogP contribution in [0.2, 0.25) is 0 Å². The van der Waals surface area contributed by atoms with Gasteiger partial charge in [0.2, 0.25) is 6.79 Å². The van der Waals surface area contributed by atoms with E-state index >= 15 is 0 Å². The lowest BCUT2D eigenvalue weighted by Gasteiger charge is -2.11. The fourth-order valence-electron chi connectivity index (χ4n) is 2.17. The second kappa shape index (κ2) is 7.39. The highest BCUT2D eigenvalue weighted by molar-refractivity contribution is 7.99. The van der Waals surface area contributed by atoms with Crippen molar-refractivity contribution in [2.45, 2.75) is 17.2 Å². The van der Waals surface area contributed by atoms with Gasteiger partial charge in [-0.25, -0.2) is 4.79 Å². The van der Waals surface area contributed by atoms with Crippen molar-refractivity contribution in [3.63, 3.8) is 0 Å². The van der Waals surface area contributed by atoms with Crippen LogP contribution in [0.25, 0.3) is 0 Å². The topological polar surface area (TPSA) is 59.6 Å². The third-order valence-electron chi connectivity index (χ3n) is 3.24. The van der Waals surface area contributed by atoms with Gasteiger partial charge in [-0.15, -0.1) is 0 Å². The van der Waals surface area contributed by atoms with Crippen LogP contribution in [0.3, 0.4) is 0 Å². The molecular formula is C16H14F2N2O3S. The third-order valence-corrected chi connectivity index (χ3v) is 4.03. The summed E-state index contributed by atoms with van der Waals surface area (Å²) in [5.41, 5.74) is 1.18. The molecule has 2 amide bonds. The van der Waals surface area contributed by atoms with Gasteiger partial charge < -0.3 is 20.1 Å². The predicted octanol–water partition coefficient (Wildman–Crippen LogP) is 4.05. The van der Waals surface area contributed by atoms with Crippen LogP contribution >= 0.6 is 11.8 Å². The monoisotopic (exact) mass is 352 g/mol. The minimum absolute atomic E-state index is 0.186. The zero-order valence-electron chi connectivity index (χ0n) is 12.4. The van der Waals surface area contributed by atoms with Crippen LogP contribution in [0.5, 0.6) is 11.5 Å². The van der Waals surface area contributed by atoms with E-state index in [0.717, 1.165) is 5.56 Å². The summed E-state index contributed by atoms with van der Waals surface area (Å²) in [5.74, 6) is -1.25. The lowest BCUT2D eigenvalue weighted by Crippen LogP contribution is -2.28. The first-order valence-corrected chi connectivity index (χ1v) is 7.97. The quantitative estimate of drug-likeness (QED) is 0.797. The molecule has 5 nitrogen and oxygen atoms in total. The van der Waals surface area contributed by atoms with Crippen molar-refractivity contribution in [1.29, 1.82) is 0 Å². The molecule has 8 heteroatoms. The summed E-state index contributed by atoms with van der Waals surface area (Å²) in [7, 11) is 0. The number of rotatable bonds is 5. The van der Waals surface area contributed by atoms with E-state index < -0.39 is 11.8 Å². The Hall–Kier alpha value is -2.48. The number of carbonyl (C=O) groups is 1. The molecule has 0 spiro atoms. The first-order valence-electron chi connectivity index (χ1n) is 7.09. The third kappa shape index (κ3) is 4.08. The van der Waals surface area contributed by atoms with Gasteiger partial charge in [0.15, 0.2) is 11.5 Å². The Bertz CT molecular complexity index is 743. The van der Waals surface area contributed by atoms with Crippen molar-refractivity contribution in [2.75, 3.05) is 12.1 Å². The van der Waals surface area contributed by atoms with E-state index in [1.54, 1.807) is 30.3 Å². The number of alkyl halides is 2. The molecule has 0 aliphatic carbocycles. The maximum absolute atomic E-state index is 12.5. The van der Waals surface area contributed by atoms with Gasteiger partial charge in [0.25, 0.3) is 5.76 Å². The van der Waals surface area contributed by atoms with Gasteiger partial charge >= 0.3 is 6.03 Å². The van der Waals surface area contributed by atoms with Crippen molar-refractivity contribution in [3.8, 4) is 11.5 Å². The number of hydrogen-bond donors (Lipinski definition) is 2. The number of fused-ring (bicyclic) bond motifs is 1. The van der Waals surface area contributed by atoms with Crippen LogP contribution in [0.4, 0.5) is 19.3 Å². The van der Waals surface area contributed by atoms with Gasteiger partial charge in [0.05, 0.1) is 5.69 Å². The van der Waals surface area contributed by atoms with Gasteiger partial charge in [-0.1, -0.05) is 30.0 Å². The Kier molecular flexibility index (Phi) is 5.05. The van der Waals surface area contributed by atoms with Gasteiger partial charge in [-0.2, -0.15) is 8.78 Å². The largest absolute Gasteiger partial charge is 0.454 e. The highest BCUT2D eigenvalue weighted by atomic mass is 32.2. The molecule has 0 atom stereocenters. The summed E-state index contributed by atoms with van der Waals surface area (Å²) in [4.78, 5) is 12.3. The van der Waals surface area contributed by atoms with Gasteiger partial charge in [0.1, 0.15) is 0 Å². The molecule has 1 heterocycles. The number of halogens is 2. The molecule has 0 fully saturated rings. The maximum atomic E-state index is 12.5. The number of ether oxygens (including phenoxy) is 2. The SMILES string of the molecule is O=C(NCc1ccc2c(c1)OCO2)Nc1ccccc1SC(F)F. The molecule has 3 rings (SSSR count). The maximum Gasteiger partial charge on any atom is 0.319 e. The number of nitrogens with one attached hydrogen (secondary N) is 2. The highest BCUT2D eigenvalue weighted by Gasteiger charge is 2.14. The van der Waals surface area contributed by atoms with Crippen LogP contribution in [0.1, 0.15) is 5.56 Å². The van der Waals surface area contributed by atoms with Crippen LogP contribution in [0.15, 0.2) is 47.4 Å². The molecule has 0 unspecified atom stereocenters. The summed E-state index contributed by atoms with van der Waals surface area (Å²) >= 11 is 0.389. The molecule has 0 saturated heterocycles. The summed E-state index contributed by atoms with van der Waals surface area (Å²) in [6, 6.07) is 11.3. The smallest absolute Gasteiger partial charge is 0.319 e. The normalized spacial score (nSPS) is 12.3. The van der Waals surface area contributed by atoms with E-state index in [1.807, 2.05) is 6.07 Å². The van der Waals surface area contributed by atoms with Crippen molar-refractivity contribution in [2.24, 2.45) is 0 Å². The molecule has 0 saturated carbocycles. The minimum Gasteiger partial charge on any atom is -0.454 e. The number of urea groups is 1. The summed E-state index contributed by atoms with van der Waals surface area (Å²) in [6.07, 6.45) is 0. The van der Waals surface area contributed by atoms with Gasteiger partial charge in [-0.3, -0.25) is 0 Å². The minimum atomic E-state index is -2.55. The van der Waals surface area contributed by atoms with Crippen molar-refractivity contribution < 1.29 is 23.0 Å². The number of amides is 2. The predicted molar refractivity (Wildman–Crippen MR) is 86.7 cm³/mol. The van der Waals surface area contributed by atoms with Crippen molar-refractivity contribution in [3.05, 3.63) is 48.0 Å². The van der Waals surface area contributed by atoms with Crippen molar-refractivity contribution in [1.82, 2.24) is 5.32 Å². The Morgan fingerprint density at radius 3 is 2.79 bits per heavy atom. The first-order chi connectivity index (χ1) is 11.6. The molecule has 0 aromatic heterocycles. The molecule has 2 aromatic carbocycles. The molecule has 2 aromatic rings. The van der Waals surface area contributed by atoms with Crippen molar-refractivity contribution >= 4 is 23.5 Å². The van der Waals surface area contributed by atoms with E-state index in [1.165, 1.54) is 6.07 Å². The highest BCUT2D eigenvalue weighted by Crippen LogP contribution is 2.33.